The Morgan fingerprint density at radius 3 is 1.70 bits per heavy atom. The molecule has 10 aromatic rings. The summed E-state index contributed by atoms with van der Waals surface area (Å²) < 4.78 is 8.78. The van der Waals surface area contributed by atoms with Crippen LogP contribution in [0.1, 0.15) is 0 Å². The zero-order valence-corrected chi connectivity index (χ0v) is 26.9. The van der Waals surface area contributed by atoms with Gasteiger partial charge in [-0.15, -0.1) is 0 Å². The molecule has 50 heavy (non-hydrogen) atoms. The Balaban J connectivity index is 1.29. The first-order valence-corrected chi connectivity index (χ1v) is 16.7. The van der Waals surface area contributed by atoms with E-state index in [0.717, 1.165) is 61.0 Å². The Kier molecular flexibility index (Phi) is 6.42. The van der Waals surface area contributed by atoms with E-state index in [9.17, 15) is 0 Å². The van der Waals surface area contributed by atoms with Crippen molar-refractivity contribution >= 4 is 43.7 Å². The van der Waals surface area contributed by atoms with E-state index in [-0.39, 0.29) is 0 Å². The fourth-order valence-corrected chi connectivity index (χ4v) is 7.21. The molecule has 0 saturated carbocycles. The molecule has 5 nitrogen and oxygen atoms in total. The second kappa shape index (κ2) is 11.4. The van der Waals surface area contributed by atoms with E-state index in [1.165, 1.54) is 16.3 Å². The van der Waals surface area contributed by atoms with Crippen molar-refractivity contribution in [2.45, 2.75) is 0 Å². The first-order valence-electron chi connectivity index (χ1n) is 16.7. The predicted octanol–water partition coefficient (Wildman–Crippen LogP) is 11.5. The number of rotatable bonds is 5. The van der Waals surface area contributed by atoms with Gasteiger partial charge in [-0.05, 0) is 59.7 Å². The largest absolute Gasteiger partial charge is 0.456 e. The van der Waals surface area contributed by atoms with Crippen molar-refractivity contribution < 1.29 is 4.42 Å². The van der Waals surface area contributed by atoms with E-state index in [0.29, 0.717) is 17.5 Å². The molecule has 0 aliphatic rings. The molecule has 0 amide bonds. The van der Waals surface area contributed by atoms with Crippen molar-refractivity contribution in [2.24, 2.45) is 0 Å². The number of furan rings is 1. The molecule has 0 unspecified atom stereocenters. The van der Waals surface area contributed by atoms with E-state index in [1.54, 1.807) is 0 Å². The summed E-state index contributed by atoms with van der Waals surface area (Å²) in [6.07, 6.45) is 0. The minimum Gasteiger partial charge on any atom is -0.456 e. The number of hydrogen-bond acceptors (Lipinski definition) is 4. The maximum Gasteiger partial charge on any atom is 0.165 e. The quantitative estimate of drug-likeness (QED) is 0.188. The molecule has 0 fully saturated rings. The van der Waals surface area contributed by atoms with Crippen LogP contribution in [0.2, 0.25) is 0 Å². The summed E-state index contributed by atoms with van der Waals surface area (Å²) in [6, 6.07) is 58.5. The Bertz CT molecular complexity index is 2800. The average molecular weight is 641 g/mol. The first-order chi connectivity index (χ1) is 24.8. The Morgan fingerprint density at radius 2 is 0.980 bits per heavy atom. The summed E-state index contributed by atoms with van der Waals surface area (Å²) in [5, 5.41) is 4.37. The molecule has 0 spiro atoms. The number of fused-ring (bicyclic) bond motifs is 6. The van der Waals surface area contributed by atoms with Crippen LogP contribution in [0.5, 0.6) is 0 Å². The summed E-state index contributed by atoms with van der Waals surface area (Å²) in [7, 11) is 0. The van der Waals surface area contributed by atoms with Crippen LogP contribution in [-0.2, 0) is 0 Å². The smallest absolute Gasteiger partial charge is 0.165 e. The van der Waals surface area contributed by atoms with E-state index in [2.05, 4.69) is 102 Å². The van der Waals surface area contributed by atoms with Crippen LogP contribution in [0.4, 0.5) is 0 Å². The zero-order valence-electron chi connectivity index (χ0n) is 26.9. The molecular weight excluding hydrogens is 613 g/mol. The summed E-state index contributed by atoms with van der Waals surface area (Å²) >= 11 is 0. The molecule has 5 heteroatoms. The van der Waals surface area contributed by atoms with Gasteiger partial charge in [-0.25, -0.2) is 15.0 Å². The van der Waals surface area contributed by atoms with Crippen molar-refractivity contribution in [2.75, 3.05) is 0 Å². The van der Waals surface area contributed by atoms with Crippen molar-refractivity contribution in [1.82, 2.24) is 19.5 Å². The lowest BCUT2D eigenvalue weighted by atomic mass is 9.93. The average Bonchev–Trinajstić information content (AvgIpc) is 3.74. The molecule has 7 aromatic carbocycles. The molecular formula is C45H28N4O. The molecule has 10 rings (SSSR count). The van der Waals surface area contributed by atoms with Crippen LogP contribution in [0.3, 0.4) is 0 Å². The Hall–Kier alpha value is -6.85. The molecule has 0 bridgehead atoms. The number of aromatic nitrogens is 4. The second-order valence-electron chi connectivity index (χ2n) is 12.4. The molecule has 0 atom stereocenters. The van der Waals surface area contributed by atoms with Crippen molar-refractivity contribution in [3.05, 3.63) is 170 Å². The maximum atomic E-state index is 6.44. The van der Waals surface area contributed by atoms with Crippen LogP contribution in [0, 0.1) is 0 Å². The minimum atomic E-state index is 0.594. The van der Waals surface area contributed by atoms with Crippen molar-refractivity contribution in [1.29, 1.82) is 0 Å². The van der Waals surface area contributed by atoms with Gasteiger partial charge in [0.15, 0.2) is 17.5 Å². The fourth-order valence-electron chi connectivity index (χ4n) is 7.21. The van der Waals surface area contributed by atoms with Gasteiger partial charge in [-0.2, -0.15) is 0 Å². The van der Waals surface area contributed by atoms with Crippen molar-refractivity contribution in [3.8, 4) is 51.0 Å². The number of benzene rings is 7. The monoisotopic (exact) mass is 640 g/mol. The minimum absolute atomic E-state index is 0.594. The number of nitrogens with zero attached hydrogens (tertiary/aromatic N) is 4. The molecule has 234 valence electrons. The molecule has 0 radical (unpaired) electrons. The van der Waals surface area contributed by atoms with Gasteiger partial charge in [0.2, 0.25) is 0 Å². The van der Waals surface area contributed by atoms with E-state index < -0.39 is 0 Å². The first kappa shape index (κ1) is 28.2. The van der Waals surface area contributed by atoms with Gasteiger partial charge in [-0.1, -0.05) is 121 Å². The zero-order chi connectivity index (χ0) is 33.0. The lowest BCUT2D eigenvalue weighted by Gasteiger charge is -2.14. The highest BCUT2D eigenvalue weighted by Crippen LogP contribution is 2.44. The highest BCUT2D eigenvalue weighted by atomic mass is 16.3. The van der Waals surface area contributed by atoms with E-state index >= 15 is 0 Å². The van der Waals surface area contributed by atoms with Crippen LogP contribution in [0.25, 0.3) is 94.7 Å². The van der Waals surface area contributed by atoms with Crippen LogP contribution < -0.4 is 0 Å². The standard InChI is InChI=1S/C45H28N4O/c1-4-14-29(15-5-1)43-46-44(30-16-6-2-7-17-30)48-45(47-43)42-33(25-27-40-41(42)35-21-11-13-23-39(35)50-40)31-24-26-38-36(28-31)34-20-10-12-22-37(34)49(38)32-18-8-3-9-19-32/h1-28H. The molecule has 0 aliphatic heterocycles. The normalized spacial score (nSPS) is 11.6. The van der Waals surface area contributed by atoms with Gasteiger partial charge in [0.05, 0.1) is 11.0 Å². The third-order valence-electron chi connectivity index (χ3n) is 9.46. The lowest BCUT2D eigenvalue weighted by Crippen LogP contribution is -2.01. The van der Waals surface area contributed by atoms with Crippen LogP contribution in [0.15, 0.2) is 174 Å². The van der Waals surface area contributed by atoms with Crippen LogP contribution >= 0.6 is 0 Å². The van der Waals surface area contributed by atoms with E-state index in [1.807, 2.05) is 72.8 Å². The highest BCUT2D eigenvalue weighted by molar-refractivity contribution is 6.16. The topological polar surface area (TPSA) is 56.7 Å². The van der Waals surface area contributed by atoms with Gasteiger partial charge < -0.3 is 8.98 Å². The fraction of sp³-hybridized carbons (Fsp3) is 0. The molecule has 3 aromatic heterocycles. The summed E-state index contributed by atoms with van der Waals surface area (Å²) in [5.41, 5.74) is 9.91. The third kappa shape index (κ3) is 4.52. The Morgan fingerprint density at radius 1 is 0.400 bits per heavy atom. The summed E-state index contributed by atoms with van der Waals surface area (Å²) in [5.74, 6) is 1.83. The maximum absolute atomic E-state index is 6.44. The summed E-state index contributed by atoms with van der Waals surface area (Å²) in [4.78, 5) is 15.4. The van der Waals surface area contributed by atoms with Gasteiger partial charge >= 0.3 is 0 Å². The van der Waals surface area contributed by atoms with Crippen LogP contribution in [-0.4, -0.2) is 19.5 Å². The van der Waals surface area contributed by atoms with Gasteiger partial charge in [0.25, 0.3) is 0 Å². The second-order valence-corrected chi connectivity index (χ2v) is 12.4. The molecule has 0 N–H and O–H groups in total. The number of hydrogen-bond donors (Lipinski definition) is 0. The SMILES string of the molecule is c1ccc(-c2nc(-c3ccccc3)nc(-c3c(-c4ccc5c(c4)c4ccccc4n5-c4ccccc4)ccc4oc5ccccc5c34)n2)cc1. The van der Waals surface area contributed by atoms with Crippen molar-refractivity contribution in [3.63, 3.8) is 0 Å². The molecule has 0 aliphatic carbocycles. The highest BCUT2D eigenvalue weighted by Gasteiger charge is 2.23. The van der Waals surface area contributed by atoms with E-state index in [4.69, 9.17) is 19.4 Å². The molecule has 3 heterocycles. The Labute approximate surface area is 287 Å². The summed E-state index contributed by atoms with van der Waals surface area (Å²) in [6.45, 7) is 0. The molecule has 0 saturated heterocycles. The van der Waals surface area contributed by atoms with Gasteiger partial charge in [-0.3, -0.25) is 0 Å². The number of para-hydroxylation sites is 3. The van der Waals surface area contributed by atoms with Gasteiger partial charge in [0, 0.05) is 43.9 Å². The predicted molar refractivity (Wildman–Crippen MR) is 203 cm³/mol. The lowest BCUT2D eigenvalue weighted by molar-refractivity contribution is 0.669. The third-order valence-corrected chi connectivity index (χ3v) is 9.46. The van der Waals surface area contributed by atoms with Gasteiger partial charge in [0.1, 0.15) is 11.2 Å².